The van der Waals surface area contributed by atoms with Gasteiger partial charge in [-0.3, -0.25) is 19.8 Å². The summed E-state index contributed by atoms with van der Waals surface area (Å²) in [5.74, 6) is -0.989. The summed E-state index contributed by atoms with van der Waals surface area (Å²) in [4.78, 5) is 17.2. The molecule has 2 N–H and O–H groups in total. The molecule has 4 rings (SSSR count). The van der Waals surface area contributed by atoms with Crippen molar-refractivity contribution in [1.82, 2.24) is 14.6 Å². The molecule has 0 aromatic carbocycles. The van der Waals surface area contributed by atoms with Crippen LogP contribution < -0.4 is 5.49 Å². The van der Waals surface area contributed by atoms with Gasteiger partial charge >= 0.3 is 23.1 Å². The summed E-state index contributed by atoms with van der Waals surface area (Å²) in [6.45, 7) is 20.4. The quantitative estimate of drug-likeness (QED) is 0.339. The molecule has 0 aliphatic carbocycles. The molecule has 0 unspecified atom stereocenters. The molecule has 0 bridgehead atoms. The summed E-state index contributed by atoms with van der Waals surface area (Å²) in [5.41, 5.74) is -1.41. The Kier molecular flexibility index (Phi) is 8.37. The first-order chi connectivity index (χ1) is 19.6. The fourth-order valence-electron chi connectivity index (χ4n) is 6.15. The summed E-state index contributed by atoms with van der Waals surface area (Å²) in [7, 11) is -6.06. The number of aromatic amines is 1. The molecule has 2 aliphatic rings. The minimum absolute atomic E-state index is 0.00187. The lowest BCUT2D eigenvalue weighted by atomic mass is 9.92. The van der Waals surface area contributed by atoms with Crippen LogP contribution in [0.2, 0.25) is 22.2 Å². The largest absolute Gasteiger partial charge is 0.455 e. The molecule has 2 aromatic heterocycles. The maximum absolute atomic E-state index is 13.2. The van der Waals surface area contributed by atoms with Crippen LogP contribution in [-0.2, 0) is 32.8 Å². The van der Waals surface area contributed by atoms with Crippen LogP contribution in [-0.4, -0.2) is 62.6 Å². The lowest BCUT2D eigenvalue weighted by Crippen LogP contribution is -2.66. The highest BCUT2D eigenvalue weighted by Crippen LogP contribution is 2.51. The molecule has 2 aromatic rings. The van der Waals surface area contributed by atoms with Crippen molar-refractivity contribution in [1.29, 1.82) is 10.7 Å². The molecular weight excluding hydrogens is 559 g/mol. The van der Waals surface area contributed by atoms with E-state index in [-0.39, 0.29) is 51.5 Å². The number of hydrogen-bond acceptors (Lipinski definition) is 9. The molecular formula is C28H45N5O6Si2. The monoisotopic (exact) mass is 604 g/mol. The van der Waals surface area contributed by atoms with Crippen LogP contribution in [0.25, 0.3) is 5.52 Å². The molecule has 41 heavy (non-hydrogen) atoms. The van der Waals surface area contributed by atoms with Gasteiger partial charge in [-0.05, 0) is 34.3 Å². The molecule has 4 heterocycles. The number of carbonyl (C=O) groups is 1. The molecule has 0 saturated carbocycles. The van der Waals surface area contributed by atoms with Crippen molar-refractivity contribution in [2.75, 3.05) is 6.61 Å². The Labute approximate surface area is 245 Å². The maximum Gasteiger partial charge on any atom is 0.335 e. The number of hydrogen-bond donors (Lipinski definition) is 2. The number of H-pyrrole nitrogens is 1. The minimum atomic E-state index is -3.16. The van der Waals surface area contributed by atoms with Crippen LogP contribution in [0.4, 0.5) is 0 Å². The van der Waals surface area contributed by atoms with E-state index in [9.17, 15) is 10.1 Å². The van der Waals surface area contributed by atoms with Crippen molar-refractivity contribution < 1.29 is 28.6 Å². The SMILES string of the molecule is [2H]c1cc([C@]2(C#N)O[C@@H]3CO[Si](C(C)C)(C(C)C)O[Si](C(C)C)(C(C)C)O[C@H]3[C@H]2OC(=O)C(C)C)n2[nH]cnc(=N)c12. The Morgan fingerprint density at radius 3 is 2.32 bits per heavy atom. The van der Waals surface area contributed by atoms with Crippen molar-refractivity contribution in [2.45, 2.75) is 115 Å². The van der Waals surface area contributed by atoms with E-state index in [0.717, 1.165) is 0 Å². The van der Waals surface area contributed by atoms with Gasteiger partial charge in [-0.25, -0.2) is 4.98 Å². The number of nitrogens with zero attached hydrogens (tertiary/aromatic N) is 3. The normalized spacial score (nSPS) is 28.1. The summed E-state index contributed by atoms with van der Waals surface area (Å²) in [5, 5.41) is 22.1. The smallest absolute Gasteiger partial charge is 0.335 e. The molecule has 2 fully saturated rings. The molecule has 2 saturated heterocycles. The third kappa shape index (κ3) is 5.02. The Balaban J connectivity index is 1.99. The predicted molar refractivity (Wildman–Crippen MR) is 156 cm³/mol. The van der Waals surface area contributed by atoms with Crippen LogP contribution in [0, 0.1) is 22.7 Å². The first kappa shape index (κ1) is 30.1. The topological polar surface area (TPSA) is 144 Å². The van der Waals surface area contributed by atoms with Crippen LogP contribution >= 0.6 is 0 Å². The number of carbonyl (C=O) groups excluding carboxylic acids is 1. The standard InChI is InChI=1S/C28H45N5O6Si2/c1-16(2)27(34)36-25-24-22(37-28(25,14-29)23-12-11-21-26(30)31-15-32-33(21)23)13-35-40(17(3)4,18(5)6)39-41(38-24,19(7)8)20(9)10/h11-12,15-20,22,24-25H,13H2,1-10H3,(H2,30,31,32)/t22-,24-,25-,28+/m1/s1/i11D. The number of fused-ring (bicyclic) bond motifs is 2. The second-order valence-corrected chi connectivity index (χ2v) is 21.5. The fourth-order valence-corrected chi connectivity index (χ4v) is 17.3. The average Bonchev–Trinajstić information content (AvgIpc) is 3.38. The van der Waals surface area contributed by atoms with E-state index in [2.05, 4.69) is 71.5 Å². The first-order valence-electron chi connectivity index (χ1n) is 15.0. The summed E-state index contributed by atoms with van der Waals surface area (Å²) in [6, 6.07) is 3.75. The van der Waals surface area contributed by atoms with Crippen molar-refractivity contribution in [3.05, 3.63) is 29.6 Å². The van der Waals surface area contributed by atoms with Crippen LogP contribution in [0.3, 0.4) is 0 Å². The highest BCUT2D eigenvalue weighted by atomic mass is 28.5. The molecule has 13 heteroatoms. The number of nitriles is 1. The van der Waals surface area contributed by atoms with Gasteiger partial charge in [0.25, 0.3) is 0 Å². The molecule has 0 spiro atoms. The van der Waals surface area contributed by atoms with Crippen molar-refractivity contribution >= 4 is 28.6 Å². The van der Waals surface area contributed by atoms with Crippen molar-refractivity contribution in [2.24, 2.45) is 5.92 Å². The summed E-state index contributed by atoms with van der Waals surface area (Å²) in [6.07, 6.45) is -1.55. The number of aromatic nitrogens is 3. The Morgan fingerprint density at radius 2 is 1.78 bits per heavy atom. The zero-order valence-electron chi connectivity index (χ0n) is 26.8. The van der Waals surface area contributed by atoms with Crippen molar-refractivity contribution in [3.63, 3.8) is 0 Å². The van der Waals surface area contributed by atoms with E-state index in [4.69, 9.17) is 29.2 Å². The zero-order valence-corrected chi connectivity index (χ0v) is 27.8. The van der Waals surface area contributed by atoms with Gasteiger partial charge in [0, 0.05) is 0 Å². The van der Waals surface area contributed by atoms with Gasteiger partial charge in [0.15, 0.2) is 11.6 Å². The van der Waals surface area contributed by atoms with E-state index >= 15 is 0 Å². The van der Waals surface area contributed by atoms with Gasteiger partial charge < -0.3 is 22.4 Å². The van der Waals surface area contributed by atoms with Gasteiger partial charge in [0.1, 0.15) is 30.1 Å². The van der Waals surface area contributed by atoms with E-state index in [0.29, 0.717) is 0 Å². The molecule has 2 aliphatic heterocycles. The number of rotatable bonds is 7. The minimum Gasteiger partial charge on any atom is -0.455 e. The van der Waals surface area contributed by atoms with Crippen LogP contribution in [0.5, 0.6) is 0 Å². The van der Waals surface area contributed by atoms with Gasteiger partial charge in [-0.2, -0.15) is 5.26 Å². The van der Waals surface area contributed by atoms with E-state index in [1.165, 1.54) is 16.9 Å². The molecule has 226 valence electrons. The summed E-state index contributed by atoms with van der Waals surface area (Å²) < 4.78 is 44.2. The number of nitrogens with one attached hydrogen (secondary N) is 2. The summed E-state index contributed by atoms with van der Waals surface area (Å²) >= 11 is 0. The Bertz CT molecular complexity index is 1400. The highest BCUT2D eigenvalue weighted by molar-refractivity contribution is 6.84. The fraction of sp³-hybridized carbons (Fsp3) is 0.714. The van der Waals surface area contributed by atoms with Gasteiger partial charge in [0.2, 0.25) is 5.60 Å². The Hall–Kier alpha value is -2.35. The van der Waals surface area contributed by atoms with Crippen LogP contribution in [0.15, 0.2) is 18.4 Å². The number of esters is 1. The van der Waals surface area contributed by atoms with E-state index in [1.54, 1.807) is 13.8 Å². The third-order valence-electron chi connectivity index (χ3n) is 8.41. The predicted octanol–water partition coefficient (Wildman–Crippen LogP) is 4.78. The molecule has 0 amide bonds. The number of ether oxygens (including phenoxy) is 2. The lowest BCUT2D eigenvalue weighted by molar-refractivity contribution is -0.163. The zero-order chi connectivity index (χ0) is 31.4. The van der Waals surface area contributed by atoms with Crippen molar-refractivity contribution in [3.8, 4) is 6.07 Å². The van der Waals surface area contributed by atoms with E-state index < -0.39 is 52.9 Å². The first-order valence-corrected chi connectivity index (χ1v) is 18.4. The second kappa shape index (κ2) is 11.4. The third-order valence-corrected chi connectivity index (χ3v) is 18.7. The maximum atomic E-state index is 13.2. The average molecular weight is 605 g/mol. The molecule has 11 nitrogen and oxygen atoms in total. The second-order valence-electron chi connectivity index (χ2n) is 12.7. The van der Waals surface area contributed by atoms with Gasteiger partial charge in [-0.15, -0.1) is 0 Å². The lowest BCUT2D eigenvalue weighted by Gasteiger charge is -2.51. The van der Waals surface area contributed by atoms with Crippen LogP contribution in [0.1, 0.15) is 76.3 Å². The highest BCUT2D eigenvalue weighted by Gasteiger charge is 2.67. The molecule has 0 radical (unpaired) electrons. The van der Waals surface area contributed by atoms with Gasteiger partial charge in [-0.1, -0.05) is 69.2 Å². The van der Waals surface area contributed by atoms with Gasteiger partial charge in [0.05, 0.1) is 19.6 Å². The molecule has 4 atom stereocenters. The Morgan fingerprint density at radius 1 is 1.17 bits per heavy atom. The van der Waals surface area contributed by atoms with E-state index in [1.807, 2.05) is 0 Å².